The predicted molar refractivity (Wildman–Crippen MR) is 72.9 cm³/mol. The van der Waals surface area contributed by atoms with Gasteiger partial charge in [0.15, 0.2) is 5.76 Å². The lowest BCUT2D eigenvalue weighted by atomic mass is 10.2. The number of carbonyl (C=O) groups is 1. The van der Waals surface area contributed by atoms with E-state index in [0.29, 0.717) is 12.3 Å². The van der Waals surface area contributed by atoms with Crippen molar-refractivity contribution in [1.82, 2.24) is 5.16 Å². The fourth-order valence-corrected chi connectivity index (χ4v) is 2.26. The number of furan rings is 1. The Morgan fingerprint density at radius 2 is 2.10 bits per heavy atom. The molecule has 0 spiro atoms. The molecule has 0 bridgehead atoms. The number of anilines is 1. The van der Waals surface area contributed by atoms with E-state index in [1.165, 1.54) is 7.11 Å². The molecule has 6 heteroatoms. The van der Waals surface area contributed by atoms with E-state index in [9.17, 15) is 4.79 Å². The molecule has 6 nitrogen and oxygen atoms in total. The van der Waals surface area contributed by atoms with Crippen LogP contribution < -0.4 is 4.90 Å². The third kappa shape index (κ3) is 2.54. The molecule has 2 aromatic heterocycles. The van der Waals surface area contributed by atoms with Crippen LogP contribution in [0.3, 0.4) is 0 Å². The molecule has 0 unspecified atom stereocenters. The van der Waals surface area contributed by atoms with Gasteiger partial charge in [0, 0.05) is 12.6 Å². The highest BCUT2D eigenvalue weighted by molar-refractivity contribution is 5.87. The Balaban J connectivity index is 2.20. The Morgan fingerprint density at radius 3 is 2.65 bits per heavy atom. The van der Waals surface area contributed by atoms with Crippen LogP contribution in [0.15, 0.2) is 15.0 Å². The third-order valence-corrected chi connectivity index (χ3v) is 3.11. The van der Waals surface area contributed by atoms with E-state index in [0.717, 1.165) is 22.7 Å². The van der Waals surface area contributed by atoms with Gasteiger partial charge in [-0.25, -0.2) is 4.79 Å². The van der Waals surface area contributed by atoms with Gasteiger partial charge in [0.1, 0.15) is 17.1 Å². The molecule has 0 radical (unpaired) electrons. The fourth-order valence-electron chi connectivity index (χ4n) is 2.26. The number of hydrogen-bond donors (Lipinski definition) is 0. The van der Waals surface area contributed by atoms with Crippen molar-refractivity contribution in [1.29, 1.82) is 0 Å². The number of methoxy groups -OCH3 is 1. The highest BCUT2D eigenvalue weighted by Gasteiger charge is 2.19. The van der Waals surface area contributed by atoms with E-state index in [1.807, 2.05) is 38.8 Å². The molecule has 0 aliphatic carbocycles. The first-order chi connectivity index (χ1) is 9.43. The monoisotopic (exact) mass is 278 g/mol. The summed E-state index contributed by atoms with van der Waals surface area (Å²) >= 11 is 0. The summed E-state index contributed by atoms with van der Waals surface area (Å²) in [4.78, 5) is 13.5. The molecule has 0 aliphatic rings. The molecule has 0 saturated heterocycles. The third-order valence-electron chi connectivity index (χ3n) is 3.11. The van der Waals surface area contributed by atoms with E-state index in [4.69, 9.17) is 8.94 Å². The van der Waals surface area contributed by atoms with Gasteiger partial charge in [-0.15, -0.1) is 0 Å². The van der Waals surface area contributed by atoms with Gasteiger partial charge in [0.05, 0.1) is 13.7 Å². The van der Waals surface area contributed by atoms with Crippen LogP contribution >= 0.6 is 0 Å². The van der Waals surface area contributed by atoms with Crippen molar-refractivity contribution in [2.24, 2.45) is 0 Å². The molecule has 2 aromatic rings. The van der Waals surface area contributed by atoms with Crippen molar-refractivity contribution in [2.45, 2.75) is 27.3 Å². The number of rotatable bonds is 4. The minimum absolute atomic E-state index is 0.245. The van der Waals surface area contributed by atoms with Crippen molar-refractivity contribution in [3.63, 3.8) is 0 Å². The van der Waals surface area contributed by atoms with Crippen LogP contribution in [-0.4, -0.2) is 25.3 Å². The average molecular weight is 278 g/mol. The van der Waals surface area contributed by atoms with E-state index < -0.39 is 5.97 Å². The van der Waals surface area contributed by atoms with Crippen molar-refractivity contribution in [3.8, 4) is 0 Å². The molecule has 0 saturated carbocycles. The Labute approximate surface area is 117 Å². The zero-order chi connectivity index (χ0) is 14.9. The standard InChI is InChI=1S/C14H18N2O4/c1-8-6-11(19-13(8)14(17)18-5)7-16(4)12-9(2)15-20-10(12)3/h6H,7H2,1-5H3. The number of esters is 1. The summed E-state index contributed by atoms with van der Waals surface area (Å²) in [5, 5.41) is 3.92. The molecule has 0 N–H and O–H groups in total. The average Bonchev–Trinajstić information content (AvgIpc) is 2.91. The molecule has 0 amide bonds. The maximum atomic E-state index is 11.5. The molecular formula is C14H18N2O4. The van der Waals surface area contributed by atoms with Crippen LogP contribution in [0, 0.1) is 20.8 Å². The van der Waals surface area contributed by atoms with Gasteiger partial charge in [-0.1, -0.05) is 5.16 Å². The maximum Gasteiger partial charge on any atom is 0.374 e. The summed E-state index contributed by atoms with van der Waals surface area (Å²) in [5.74, 6) is 1.22. The van der Waals surface area contributed by atoms with Crippen molar-refractivity contribution >= 4 is 11.7 Å². The summed E-state index contributed by atoms with van der Waals surface area (Å²) in [6.45, 7) is 6.07. The van der Waals surface area contributed by atoms with Crippen LogP contribution in [-0.2, 0) is 11.3 Å². The minimum atomic E-state index is -0.464. The molecule has 0 fully saturated rings. The second-order valence-electron chi connectivity index (χ2n) is 4.75. The first kappa shape index (κ1) is 14.2. The van der Waals surface area contributed by atoms with Gasteiger partial charge < -0.3 is 18.6 Å². The van der Waals surface area contributed by atoms with Gasteiger partial charge in [-0.05, 0) is 26.8 Å². The molecular weight excluding hydrogens is 260 g/mol. The quantitative estimate of drug-likeness (QED) is 0.801. The Morgan fingerprint density at radius 1 is 1.40 bits per heavy atom. The van der Waals surface area contributed by atoms with Gasteiger partial charge in [-0.2, -0.15) is 0 Å². The summed E-state index contributed by atoms with van der Waals surface area (Å²) in [6, 6.07) is 1.83. The lowest BCUT2D eigenvalue weighted by molar-refractivity contribution is 0.0562. The first-order valence-corrected chi connectivity index (χ1v) is 6.25. The van der Waals surface area contributed by atoms with Crippen LogP contribution in [0.2, 0.25) is 0 Å². The number of nitrogens with zero attached hydrogens (tertiary/aromatic N) is 2. The molecule has 0 aliphatic heterocycles. The maximum absolute atomic E-state index is 11.5. The smallest absolute Gasteiger partial charge is 0.374 e. The van der Waals surface area contributed by atoms with Gasteiger partial charge >= 0.3 is 5.97 Å². The van der Waals surface area contributed by atoms with Crippen LogP contribution in [0.5, 0.6) is 0 Å². The minimum Gasteiger partial charge on any atom is -0.463 e. The molecule has 108 valence electrons. The Bertz CT molecular complexity index is 608. The summed E-state index contributed by atoms with van der Waals surface area (Å²) in [5.41, 5.74) is 2.51. The number of aromatic nitrogens is 1. The number of ether oxygens (including phenoxy) is 1. The van der Waals surface area contributed by atoms with Crippen LogP contribution in [0.25, 0.3) is 0 Å². The Hall–Kier alpha value is -2.24. The predicted octanol–water partition coefficient (Wildman–Crippen LogP) is 2.62. The fraction of sp³-hybridized carbons (Fsp3) is 0.429. The SMILES string of the molecule is COC(=O)c1oc(CN(C)c2c(C)noc2C)cc1C. The zero-order valence-electron chi connectivity index (χ0n) is 12.3. The highest BCUT2D eigenvalue weighted by Crippen LogP contribution is 2.25. The first-order valence-electron chi connectivity index (χ1n) is 6.25. The summed E-state index contributed by atoms with van der Waals surface area (Å²) < 4.78 is 15.4. The lowest BCUT2D eigenvalue weighted by Crippen LogP contribution is -2.17. The van der Waals surface area contributed by atoms with Crippen LogP contribution in [0.4, 0.5) is 5.69 Å². The van der Waals surface area contributed by atoms with Crippen LogP contribution in [0.1, 0.15) is 33.3 Å². The van der Waals surface area contributed by atoms with E-state index in [2.05, 4.69) is 9.89 Å². The summed E-state index contributed by atoms with van der Waals surface area (Å²) in [6.07, 6.45) is 0. The highest BCUT2D eigenvalue weighted by atomic mass is 16.5. The Kier molecular flexibility index (Phi) is 3.83. The molecule has 2 heterocycles. The molecule has 0 atom stereocenters. The number of aryl methyl sites for hydroxylation is 3. The zero-order valence-corrected chi connectivity index (χ0v) is 12.3. The van der Waals surface area contributed by atoms with Gasteiger partial charge in [-0.3, -0.25) is 0 Å². The van der Waals surface area contributed by atoms with E-state index in [1.54, 1.807) is 0 Å². The second-order valence-corrected chi connectivity index (χ2v) is 4.75. The molecule has 20 heavy (non-hydrogen) atoms. The lowest BCUT2D eigenvalue weighted by Gasteiger charge is -2.16. The van der Waals surface area contributed by atoms with Gasteiger partial charge in [0.2, 0.25) is 5.76 Å². The van der Waals surface area contributed by atoms with Crippen molar-refractivity contribution in [2.75, 3.05) is 19.1 Å². The normalized spacial score (nSPS) is 10.7. The number of hydrogen-bond acceptors (Lipinski definition) is 6. The number of carbonyl (C=O) groups excluding carboxylic acids is 1. The second kappa shape index (κ2) is 5.40. The van der Waals surface area contributed by atoms with Crippen molar-refractivity contribution < 1.29 is 18.5 Å². The summed E-state index contributed by atoms with van der Waals surface area (Å²) in [7, 11) is 3.25. The van der Waals surface area contributed by atoms with E-state index >= 15 is 0 Å². The van der Waals surface area contributed by atoms with Gasteiger partial charge in [0.25, 0.3) is 0 Å². The molecule has 0 aromatic carbocycles. The molecule has 2 rings (SSSR count). The topological polar surface area (TPSA) is 68.7 Å². The van der Waals surface area contributed by atoms with Crippen molar-refractivity contribution in [3.05, 3.63) is 34.6 Å². The van der Waals surface area contributed by atoms with E-state index in [-0.39, 0.29) is 5.76 Å². The largest absolute Gasteiger partial charge is 0.463 e.